The first-order chi connectivity index (χ1) is 16.2. The first-order valence-electron chi connectivity index (χ1n) is 11.1. The molecular weight excluding hydrogens is 418 g/mol. The number of rotatable bonds is 5. The van der Waals surface area contributed by atoms with Crippen LogP contribution in [0.3, 0.4) is 0 Å². The monoisotopic (exact) mass is 441 g/mol. The third kappa shape index (κ3) is 3.43. The molecule has 8 heteroatoms. The number of methoxy groups -OCH3 is 1. The quantitative estimate of drug-likeness (QED) is 0.415. The van der Waals surface area contributed by atoms with E-state index in [4.69, 9.17) is 24.4 Å². The van der Waals surface area contributed by atoms with Gasteiger partial charge in [-0.15, -0.1) is 0 Å². The fraction of sp³-hybridized carbons (Fsp3) is 0.280. The summed E-state index contributed by atoms with van der Waals surface area (Å²) in [6.45, 7) is 1.75. The molecule has 1 aliphatic heterocycles. The van der Waals surface area contributed by atoms with Gasteiger partial charge in [0.2, 0.25) is 0 Å². The van der Waals surface area contributed by atoms with E-state index in [-0.39, 0.29) is 11.7 Å². The largest absolute Gasteiger partial charge is 0.497 e. The van der Waals surface area contributed by atoms with Gasteiger partial charge in [-0.1, -0.05) is 24.3 Å². The highest BCUT2D eigenvalue weighted by atomic mass is 16.5. The molecule has 3 aromatic heterocycles. The van der Waals surface area contributed by atoms with Crippen LogP contribution in [0.5, 0.6) is 5.75 Å². The molecule has 1 aliphatic rings. The van der Waals surface area contributed by atoms with Gasteiger partial charge < -0.3 is 14.0 Å². The van der Waals surface area contributed by atoms with Crippen molar-refractivity contribution in [2.45, 2.75) is 32.0 Å². The number of para-hydroxylation sites is 2. The van der Waals surface area contributed by atoms with Crippen LogP contribution in [-0.4, -0.2) is 43.9 Å². The van der Waals surface area contributed by atoms with E-state index < -0.39 is 0 Å². The third-order valence-corrected chi connectivity index (χ3v) is 6.24. The van der Waals surface area contributed by atoms with E-state index in [1.807, 2.05) is 53.1 Å². The van der Waals surface area contributed by atoms with Crippen LogP contribution >= 0.6 is 0 Å². The minimum Gasteiger partial charge on any atom is -0.497 e. The lowest BCUT2D eigenvalue weighted by Crippen LogP contribution is -2.26. The van der Waals surface area contributed by atoms with E-state index in [1.165, 1.54) is 0 Å². The first kappa shape index (κ1) is 19.9. The standard InChI is InChI=1S/C25H23N5O3/c1-32-17-10-8-16(9-11-17)13-30-23-21(22-24(30)28-20-7-3-2-6-19(20)27-22)25(31)29(15-26-23)14-18-5-4-12-33-18/h2-3,6-11,15,18H,4-5,12-14H2,1H3. The molecule has 0 N–H and O–H groups in total. The lowest BCUT2D eigenvalue weighted by atomic mass is 10.2. The lowest BCUT2D eigenvalue weighted by Gasteiger charge is -2.11. The predicted octanol–water partition coefficient (Wildman–Crippen LogP) is 3.53. The number of fused-ring (bicyclic) bond motifs is 4. The predicted molar refractivity (Wildman–Crippen MR) is 126 cm³/mol. The van der Waals surface area contributed by atoms with Crippen LogP contribution in [0, 0.1) is 0 Å². The zero-order valence-corrected chi connectivity index (χ0v) is 18.3. The number of hydrogen-bond acceptors (Lipinski definition) is 6. The molecule has 2 aromatic carbocycles. The van der Waals surface area contributed by atoms with E-state index in [0.29, 0.717) is 35.3 Å². The summed E-state index contributed by atoms with van der Waals surface area (Å²) in [5.41, 5.74) is 4.29. The molecule has 1 fully saturated rings. The molecule has 1 unspecified atom stereocenters. The van der Waals surface area contributed by atoms with Gasteiger partial charge in [-0.3, -0.25) is 9.36 Å². The van der Waals surface area contributed by atoms with Crippen LogP contribution in [0.2, 0.25) is 0 Å². The van der Waals surface area contributed by atoms with E-state index in [0.717, 1.165) is 41.8 Å². The van der Waals surface area contributed by atoms with Crippen molar-refractivity contribution in [1.29, 1.82) is 0 Å². The van der Waals surface area contributed by atoms with Crippen molar-refractivity contribution >= 4 is 33.2 Å². The summed E-state index contributed by atoms with van der Waals surface area (Å²) in [5.74, 6) is 0.793. The topological polar surface area (TPSA) is 84.1 Å². The van der Waals surface area contributed by atoms with Crippen molar-refractivity contribution in [1.82, 2.24) is 24.1 Å². The molecule has 0 saturated carbocycles. The Morgan fingerprint density at radius 1 is 1.06 bits per heavy atom. The molecule has 33 heavy (non-hydrogen) atoms. The molecule has 1 saturated heterocycles. The Morgan fingerprint density at radius 2 is 1.85 bits per heavy atom. The fourth-order valence-corrected chi connectivity index (χ4v) is 4.54. The second-order valence-electron chi connectivity index (χ2n) is 8.35. The Morgan fingerprint density at radius 3 is 2.58 bits per heavy atom. The molecule has 0 spiro atoms. The van der Waals surface area contributed by atoms with Gasteiger partial charge in [-0.05, 0) is 42.7 Å². The third-order valence-electron chi connectivity index (χ3n) is 6.24. The SMILES string of the molecule is COc1ccc(Cn2c3nc4ccccc4nc3c3c(=O)n(CC4CCCO4)cnc32)cc1. The summed E-state index contributed by atoms with van der Waals surface area (Å²) in [6, 6.07) is 15.6. The molecule has 6 rings (SSSR count). The smallest absolute Gasteiger partial charge is 0.265 e. The molecule has 0 radical (unpaired) electrons. The van der Waals surface area contributed by atoms with Crippen LogP contribution in [0.15, 0.2) is 59.7 Å². The van der Waals surface area contributed by atoms with Crippen molar-refractivity contribution in [3.63, 3.8) is 0 Å². The second kappa shape index (κ2) is 7.97. The average molecular weight is 441 g/mol. The highest BCUT2D eigenvalue weighted by molar-refractivity contribution is 6.04. The second-order valence-corrected chi connectivity index (χ2v) is 8.35. The zero-order chi connectivity index (χ0) is 22.4. The van der Waals surface area contributed by atoms with Gasteiger partial charge in [0.15, 0.2) is 11.3 Å². The van der Waals surface area contributed by atoms with Gasteiger partial charge in [-0.2, -0.15) is 0 Å². The number of nitrogens with zero attached hydrogens (tertiary/aromatic N) is 5. The summed E-state index contributed by atoms with van der Waals surface area (Å²) in [4.78, 5) is 28.0. The summed E-state index contributed by atoms with van der Waals surface area (Å²) in [7, 11) is 1.65. The van der Waals surface area contributed by atoms with Crippen LogP contribution in [0.25, 0.3) is 33.2 Å². The molecule has 5 aromatic rings. The van der Waals surface area contributed by atoms with Crippen LogP contribution < -0.4 is 10.3 Å². The molecule has 4 heterocycles. The summed E-state index contributed by atoms with van der Waals surface area (Å²) in [6.07, 6.45) is 3.64. The molecule has 0 bridgehead atoms. The maximum atomic E-state index is 13.6. The number of ether oxygens (including phenoxy) is 2. The lowest BCUT2D eigenvalue weighted by molar-refractivity contribution is 0.0960. The molecule has 0 amide bonds. The van der Waals surface area contributed by atoms with E-state index >= 15 is 0 Å². The summed E-state index contributed by atoms with van der Waals surface area (Å²) in [5, 5.41) is 0.497. The Kier molecular flexibility index (Phi) is 4.80. The normalized spacial score (nSPS) is 16.2. The number of benzene rings is 2. The molecule has 166 valence electrons. The van der Waals surface area contributed by atoms with Crippen molar-refractivity contribution in [2.75, 3.05) is 13.7 Å². The molecular formula is C25H23N5O3. The van der Waals surface area contributed by atoms with E-state index in [9.17, 15) is 4.79 Å². The van der Waals surface area contributed by atoms with Gasteiger partial charge in [0.1, 0.15) is 16.7 Å². The van der Waals surface area contributed by atoms with Crippen LogP contribution in [0.4, 0.5) is 0 Å². The van der Waals surface area contributed by atoms with Crippen molar-refractivity contribution in [2.24, 2.45) is 0 Å². The maximum Gasteiger partial charge on any atom is 0.265 e. The van der Waals surface area contributed by atoms with Gasteiger partial charge >= 0.3 is 0 Å². The van der Waals surface area contributed by atoms with Crippen LogP contribution in [0.1, 0.15) is 18.4 Å². The average Bonchev–Trinajstić information content (AvgIpc) is 3.46. The Hall–Kier alpha value is -3.78. The maximum absolute atomic E-state index is 13.6. The summed E-state index contributed by atoms with van der Waals surface area (Å²) >= 11 is 0. The zero-order valence-electron chi connectivity index (χ0n) is 18.3. The van der Waals surface area contributed by atoms with Gasteiger partial charge in [0.25, 0.3) is 5.56 Å². The molecule has 8 nitrogen and oxygen atoms in total. The number of hydrogen-bond donors (Lipinski definition) is 0. The Labute approximate surface area is 189 Å². The highest BCUT2D eigenvalue weighted by Gasteiger charge is 2.22. The van der Waals surface area contributed by atoms with Gasteiger partial charge in [0.05, 0.1) is 43.7 Å². The fourth-order valence-electron chi connectivity index (χ4n) is 4.54. The number of aromatic nitrogens is 5. The highest BCUT2D eigenvalue weighted by Crippen LogP contribution is 2.26. The Bertz CT molecular complexity index is 1530. The van der Waals surface area contributed by atoms with Crippen LogP contribution in [-0.2, 0) is 17.8 Å². The van der Waals surface area contributed by atoms with Crippen molar-refractivity contribution in [3.8, 4) is 5.75 Å². The Balaban J connectivity index is 1.57. The van der Waals surface area contributed by atoms with Gasteiger partial charge in [-0.25, -0.2) is 15.0 Å². The molecule has 1 atom stereocenters. The first-order valence-corrected chi connectivity index (χ1v) is 11.1. The van der Waals surface area contributed by atoms with Crippen molar-refractivity contribution < 1.29 is 9.47 Å². The van der Waals surface area contributed by atoms with E-state index in [2.05, 4.69) is 0 Å². The molecule has 0 aliphatic carbocycles. The minimum atomic E-state index is -0.112. The summed E-state index contributed by atoms with van der Waals surface area (Å²) < 4.78 is 14.6. The minimum absolute atomic E-state index is 0.0431. The van der Waals surface area contributed by atoms with Gasteiger partial charge in [0, 0.05) is 6.61 Å². The van der Waals surface area contributed by atoms with E-state index in [1.54, 1.807) is 18.0 Å². The van der Waals surface area contributed by atoms with Crippen molar-refractivity contribution in [3.05, 3.63) is 70.8 Å².